The van der Waals surface area contributed by atoms with Crippen molar-refractivity contribution in [2.45, 2.75) is 70.4 Å². The molecule has 7 nitrogen and oxygen atoms in total. The second kappa shape index (κ2) is 15.9. The molecule has 0 amide bonds. The first-order chi connectivity index (χ1) is 20.1. The maximum atomic E-state index is 13.9. The monoisotopic (exact) mass is 573 g/mol. The fourth-order valence-corrected chi connectivity index (χ4v) is 7.84. The summed E-state index contributed by atoms with van der Waals surface area (Å²) in [5, 5.41) is 3.55. The summed E-state index contributed by atoms with van der Waals surface area (Å²) < 4.78 is 17.1. The van der Waals surface area contributed by atoms with Gasteiger partial charge in [-0.2, -0.15) is 0 Å². The summed E-state index contributed by atoms with van der Waals surface area (Å²) in [5.74, 6) is 0. The molecule has 0 bridgehead atoms. The lowest BCUT2D eigenvalue weighted by Crippen LogP contribution is -2.60. The van der Waals surface area contributed by atoms with Crippen molar-refractivity contribution in [3.63, 3.8) is 0 Å². The molecule has 1 saturated carbocycles. The van der Waals surface area contributed by atoms with Crippen LogP contribution < -0.4 is 5.32 Å². The first kappa shape index (κ1) is 30.2. The normalized spacial score (nSPS) is 13.8. The third kappa shape index (κ3) is 8.87. The number of carbonyl (C=O) groups is 3. The molecule has 216 valence electrons. The van der Waals surface area contributed by atoms with Crippen LogP contribution in [0.15, 0.2) is 91.0 Å². The number of hydrogen-bond acceptors (Lipinski definition) is 7. The minimum Gasteiger partial charge on any atom is -0.464 e. The van der Waals surface area contributed by atoms with Gasteiger partial charge in [0.25, 0.3) is 16.8 Å². The Morgan fingerprint density at radius 3 is 1.39 bits per heavy atom. The highest BCUT2D eigenvalue weighted by atomic mass is 28.3. The summed E-state index contributed by atoms with van der Waals surface area (Å²) in [6.07, 6.45) is 6.31. The molecule has 0 unspecified atom stereocenters. The highest BCUT2D eigenvalue weighted by Crippen LogP contribution is 2.25. The van der Waals surface area contributed by atoms with Gasteiger partial charge < -0.3 is 19.5 Å². The van der Waals surface area contributed by atoms with Crippen molar-refractivity contribution in [3.8, 4) is 0 Å². The van der Waals surface area contributed by atoms with Gasteiger partial charge in [0.1, 0.15) is 19.8 Å². The minimum atomic E-state index is -4.28. The average molecular weight is 574 g/mol. The quantitative estimate of drug-likeness (QED) is 0.121. The molecular weight excluding hydrogens is 534 g/mol. The molecule has 0 spiro atoms. The molecule has 1 fully saturated rings. The van der Waals surface area contributed by atoms with Gasteiger partial charge in [0, 0.05) is 6.04 Å². The Bertz CT molecular complexity index is 1100. The van der Waals surface area contributed by atoms with Crippen molar-refractivity contribution < 1.29 is 28.6 Å². The van der Waals surface area contributed by atoms with Gasteiger partial charge in [-0.05, 0) is 48.5 Å². The summed E-state index contributed by atoms with van der Waals surface area (Å²) in [6.45, 7) is 0.440. The van der Waals surface area contributed by atoms with E-state index in [0.717, 1.165) is 29.5 Å². The third-order valence-electron chi connectivity index (χ3n) is 7.45. The van der Waals surface area contributed by atoms with Crippen molar-refractivity contribution >= 4 is 24.9 Å². The highest BCUT2D eigenvalue weighted by Gasteiger charge is 2.62. The molecule has 0 saturated heterocycles. The van der Waals surface area contributed by atoms with Crippen LogP contribution in [0.5, 0.6) is 0 Å². The van der Waals surface area contributed by atoms with E-state index in [4.69, 9.17) is 14.2 Å². The number of ether oxygens (including phenoxy) is 3. The van der Waals surface area contributed by atoms with E-state index in [-0.39, 0.29) is 25.9 Å². The zero-order valence-electron chi connectivity index (χ0n) is 23.5. The summed E-state index contributed by atoms with van der Waals surface area (Å²) in [5.41, 5.74) is -0.186. The number of rotatable bonds is 14. The second-order valence-corrected chi connectivity index (χ2v) is 14.0. The smallest absolute Gasteiger partial charge is 0.431 e. The van der Waals surface area contributed by atoms with Crippen LogP contribution in [0.4, 0.5) is 14.4 Å². The van der Waals surface area contributed by atoms with Crippen molar-refractivity contribution in [3.05, 3.63) is 108 Å². The fourth-order valence-electron chi connectivity index (χ4n) is 5.06. The molecule has 1 aliphatic carbocycles. The molecule has 3 aromatic carbocycles. The van der Waals surface area contributed by atoms with E-state index in [1.165, 1.54) is 19.3 Å². The zero-order valence-corrected chi connectivity index (χ0v) is 24.5. The Kier molecular flexibility index (Phi) is 11.7. The lowest BCUT2D eigenvalue weighted by atomic mass is 9.95. The zero-order chi connectivity index (χ0) is 28.8. The van der Waals surface area contributed by atoms with E-state index in [9.17, 15) is 14.4 Å². The van der Waals surface area contributed by atoms with E-state index in [1.54, 1.807) is 0 Å². The number of hydrogen-bond donors (Lipinski definition) is 1. The van der Waals surface area contributed by atoms with Gasteiger partial charge in [0.15, 0.2) is 0 Å². The molecule has 1 aliphatic rings. The molecule has 0 aliphatic heterocycles. The standard InChI is InChI=1S/C33H39NO6Si/c35-31(38-24-27-14-5-1-6-15-27)41(23-13-22-34-30-20-11-4-12-21-30,32(36)39-25-28-16-7-2-8-17-28)33(37)40-26-29-18-9-3-10-19-29/h1-3,5-10,14-19,30,34H,4,11-13,20-26H2. The molecular formula is C33H39NO6Si. The van der Waals surface area contributed by atoms with E-state index in [2.05, 4.69) is 5.32 Å². The lowest BCUT2D eigenvalue weighted by molar-refractivity contribution is 0.144. The van der Waals surface area contributed by atoms with Crippen LogP contribution in [-0.2, 0) is 34.0 Å². The summed E-state index contributed by atoms with van der Waals surface area (Å²) in [6, 6.07) is 28.1. The lowest BCUT2D eigenvalue weighted by Gasteiger charge is -2.26. The molecule has 4 rings (SSSR count). The maximum absolute atomic E-state index is 13.9. The summed E-state index contributed by atoms with van der Waals surface area (Å²) >= 11 is 0. The third-order valence-corrected chi connectivity index (χ3v) is 11.1. The number of nitrogens with one attached hydrogen (secondary N) is 1. The Morgan fingerprint density at radius 1 is 0.610 bits per heavy atom. The van der Waals surface area contributed by atoms with Gasteiger partial charge >= 0.3 is 8.07 Å². The predicted molar refractivity (Wildman–Crippen MR) is 160 cm³/mol. The minimum absolute atomic E-state index is 0.0432. The predicted octanol–water partition coefficient (Wildman–Crippen LogP) is 7.50. The Labute approximate surface area is 243 Å². The van der Waals surface area contributed by atoms with Gasteiger partial charge in [-0.1, -0.05) is 110 Å². The van der Waals surface area contributed by atoms with Crippen molar-refractivity contribution in [2.75, 3.05) is 6.54 Å². The molecule has 41 heavy (non-hydrogen) atoms. The Morgan fingerprint density at radius 2 is 1.00 bits per heavy atom. The molecule has 1 N–H and O–H groups in total. The van der Waals surface area contributed by atoms with Gasteiger partial charge in [-0.3, -0.25) is 14.4 Å². The topological polar surface area (TPSA) is 90.9 Å². The van der Waals surface area contributed by atoms with E-state index in [0.29, 0.717) is 19.0 Å². The average Bonchev–Trinajstić information content (AvgIpc) is 3.03. The van der Waals surface area contributed by atoms with Crippen LogP contribution in [0.25, 0.3) is 0 Å². The van der Waals surface area contributed by atoms with Gasteiger partial charge in [-0.25, -0.2) is 0 Å². The van der Waals surface area contributed by atoms with Crippen LogP contribution in [0.2, 0.25) is 6.04 Å². The van der Waals surface area contributed by atoms with Crippen LogP contribution >= 0.6 is 0 Å². The van der Waals surface area contributed by atoms with E-state index < -0.39 is 24.9 Å². The Balaban J connectivity index is 1.55. The second-order valence-electron chi connectivity index (χ2n) is 10.5. The highest BCUT2D eigenvalue weighted by molar-refractivity contribution is 7.38. The van der Waals surface area contributed by atoms with E-state index >= 15 is 0 Å². The number of benzene rings is 3. The SMILES string of the molecule is O=C(OCc1ccccc1)[Si](CCCNC1CCCCC1)(C(=O)OCc1ccccc1)C(=O)OCc1ccccc1. The summed E-state index contributed by atoms with van der Waals surface area (Å²) in [7, 11) is -4.28. The molecule has 0 radical (unpaired) electrons. The fraction of sp³-hybridized carbons (Fsp3) is 0.364. The van der Waals surface area contributed by atoms with Crippen LogP contribution in [-0.4, -0.2) is 37.4 Å². The van der Waals surface area contributed by atoms with Crippen molar-refractivity contribution in [1.82, 2.24) is 5.32 Å². The first-order valence-electron chi connectivity index (χ1n) is 14.4. The van der Waals surface area contributed by atoms with Crippen LogP contribution in [0, 0.1) is 0 Å². The van der Waals surface area contributed by atoms with Crippen molar-refractivity contribution in [2.24, 2.45) is 0 Å². The molecule has 0 atom stereocenters. The van der Waals surface area contributed by atoms with Crippen molar-refractivity contribution in [1.29, 1.82) is 0 Å². The molecule has 8 heteroatoms. The Hall–Kier alpha value is -3.75. The molecule has 0 heterocycles. The molecule has 3 aromatic rings. The first-order valence-corrected chi connectivity index (χ1v) is 16.7. The largest absolute Gasteiger partial charge is 0.464 e. The molecule has 0 aromatic heterocycles. The maximum Gasteiger partial charge on any atom is 0.431 e. The van der Waals surface area contributed by atoms with Gasteiger partial charge in [-0.15, -0.1) is 0 Å². The van der Waals surface area contributed by atoms with Crippen LogP contribution in [0.1, 0.15) is 55.2 Å². The van der Waals surface area contributed by atoms with E-state index in [1.807, 2.05) is 91.0 Å². The van der Waals surface area contributed by atoms with Gasteiger partial charge in [0.05, 0.1) is 0 Å². The van der Waals surface area contributed by atoms with Crippen LogP contribution in [0.3, 0.4) is 0 Å². The number of carbonyl (C=O) groups excluding carboxylic acids is 3. The summed E-state index contributed by atoms with van der Waals surface area (Å²) in [4.78, 5) is 41.6. The van der Waals surface area contributed by atoms with Gasteiger partial charge in [0.2, 0.25) is 0 Å².